The van der Waals surface area contributed by atoms with E-state index in [1.807, 2.05) is 22.6 Å². The van der Waals surface area contributed by atoms with Crippen LogP contribution in [0.5, 0.6) is 0 Å². The van der Waals surface area contributed by atoms with E-state index in [2.05, 4.69) is 15.9 Å². The van der Waals surface area contributed by atoms with Gasteiger partial charge in [0.15, 0.2) is 0 Å². The van der Waals surface area contributed by atoms with Crippen LogP contribution in [0, 0.1) is 3.57 Å². The second-order valence-electron chi connectivity index (χ2n) is 2.09. The van der Waals surface area contributed by atoms with Crippen LogP contribution in [0.15, 0.2) is 16.6 Å². The van der Waals surface area contributed by atoms with Crippen LogP contribution in [0.25, 0.3) is 0 Å². The topological polar surface area (TPSA) is 0 Å². The minimum atomic E-state index is -2.52. The lowest BCUT2D eigenvalue weighted by Crippen LogP contribution is -1.88. The first-order chi connectivity index (χ1) is 5.52. The van der Waals surface area contributed by atoms with Gasteiger partial charge in [-0.2, -0.15) is 0 Å². The minimum Gasteiger partial charge on any atom is -0.205 e. The summed E-state index contributed by atoms with van der Waals surface area (Å²) in [6, 6.07) is 3.06. The van der Waals surface area contributed by atoms with E-state index in [4.69, 9.17) is 11.6 Å². The zero-order chi connectivity index (χ0) is 9.30. The Morgan fingerprint density at radius 2 is 2.00 bits per heavy atom. The molecule has 5 heteroatoms. The summed E-state index contributed by atoms with van der Waals surface area (Å²) in [6.07, 6.45) is -2.52. The molecule has 0 radical (unpaired) electrons. The molecule has 0 fully saturated rings. The van der Waals surface area contributed by atoms with Gasteiger partial charge in [0.25, 0.3) is 6.43 Å². The van der Waals surface area contributed by atoms with Gasteiger partial charge in [-0.05, 0) is 50.7 Å². The van der Waals surface area contributed by atoms with Crippen LogP contribution >= 0.6 is 50.1 Å². The maximum Gasteiger partial charge on any atom is 0.265 e. The van der Waals surface area contributed by atoms with E-state index in [0.29, 0.717) is 4.47 Å². The number of rotatable bonds is 1. The summed E-state index contributed by atoms with van der Waals surface area (Å²) < 4.78 is 25.8. The molecule has 0 N–H and O–H groups in total. The average Bonchev–Trinajstić information content (AvgIpc) is 1.96. The van der Waals surface area contributed by atoms with Crippen molar-refractivity contribution in [2.24, 2.45) is 0 Å². The molecular formula is C7H3BrClF2I. The van der Waals surface area contributed by atoms with Crippen LogP contribution in [0.2, 0.25) is 5.02 Å². The summed E-state index contributed by atoms with van der Waals surface area (Å²) in [4.78, 5) is 0. The van der Waals surface area contributed by atoms with E-state index in [1.165, 1.54) is 6.07 Å². The summed E-state index contributed by atoms with van der Waals surface area (Å²) in [5.41, 5.74) is -0.129. The fourth-order valence-electron chi connectivity index (χ4n) is 0.735. The van der Waals surface area contributed by atoms with Crippen LogP contribution in [0.3, 0.4) is 0 Å². The highest BCUT2D eigenvalue weighted by atomic mass is 127. The molecule has 0 aliphatic rings. The number of halogens is 5. The van der Waals surface area contributed by atoms with Crippen molar-refractivity contribution in [1.82, 2.24) is 0 Å². The lowest BCUT2D eigenvalue weighted by Gasteiger charge is -2.05. The first kappa shape index (κ1) is 10.7. The molecule has 0 saturated heterocycles. The highest BCUT2D eigenvalue weighted by Crippen LogP contribution is 2.34. The largest absolute Gasteiger partial charge is 0.265 e. The maximum absolute atomic E-state index is 12.3. The Labute approximate surface area is 95.6 Å². The fourth-order valence-corrected chi connectivity index (χ4v) is 2.48. The lowest BCUT2D eigenvalue weighted by atomic mass is 10.2. The molecule has 0 nitrogen and oxygen atoms in total. The van der Waals surface area contributed by atoms with Crippen molar-refractivity contribution < 1.29 is 8.78 Å². The average molecular weight is 367 g/mol. The maximum atomic E-state index is 12.3. The molecule has 0 saturated carbocycles. The Hall–Kier alpha value is 0.580. The van der Waals surface area contributed by atoms with E-state index < -0.39 is 6.43 Å². The third-order valence-corrected chi connectivity index (χ3v) is 3.15. The number of alkyl halides is 2. The normalized spacial score (nSPS) is 10.8. The van der Waals surface area contributed by atoms with Gasteiger partial charge in [0.1, 0.15) is 0 Å². The molecule has 0 aliphatic carbocycles. The zero-order valence-corrected chi connectivity index (χ0v) is 10.1. The van der Waals surface area contributed by atoms with E-state index in [1.54, 1.807) is 6.07 Å². The Morgan fingerprint density at radius 1 is 1.42 bits per heavy atom. The van der Waals surface area contributed by atoms with E-state index in [9.17, 15) is 8.78 Å². The Morgan fingerprint density at radius 3 is 2.50 bits per heavy atom. The van der Waals surface area contributed by atoms with Crippen molar-refractivity contribution in [3.05, 3.63) is 30.8 Å². The molecule has 1 rings (SSSR count). The van der Waals surface area contributed by atoms with Gasteiger partial charge >= 0.3 is 0 Å². The third kappa shape index (κ3) is 2.29. The Balaban J connectivity index is 3.28. The van der Waals surface area contributed by atoms with Crippen molar-refractivity contribution in [3.63, 3.8) is 0 Å². The summed E-state index contributed by atoms with van der Waals surface area (Å²) in [5, 5.41) is 0.0883. The monoisotopic (exact) mass is 366 g/mol. The molecule has 12 heavy (non-hydrogen) atoms. The van der Waals surface area contributed by atoms with Crippen molar-refractivity contribution in [1.29, 1.82) is 0 Å². The number of benzene rings is 1. The second-order valence-corrected chi connectivity index (χ2v) is 4.57. The van der Waals surface area contributed by atoms with Gasteiger partial charge < -0.3 is 0 Å². The van der Waals surface area contributed by atoms with Crippen molar-refractivity contribution >= 4 is 50.1 Å². The van der Waals surface area contributed by atoms with Gasteiger partial charge in [-0.25, -0.2) is 8.78 Å². The van der Waals surface area contributed by atoms with Crippen LogP contribution in [-0.2, 0) is 0 Å². The first-order valence-electron chi connectivity index (χ1n) is 2.95. The van der Waals surface area contributed by atoms with Crippen molar-refractivity contribution in [3.8, 4) is 0 Å². The fraction of sp³-hybridized carbons (Fsp3) is 0.143. The van der Waals surface area contributed by atoms with E-state index >= 15 is 0 Å². The van der Waals surface area contributed by atoms with Crippen LogP contribution in [0.4, 0.5) is 8.78 Å². The minimum absolute atomic E-state index is 0.0883. The smallest absolute Gasteiger partial charge is 0.205 e. The third-order valence-electron chi connectivity index (χ3n) is 1.26. The highest BCUT2D eigenvalue weighted by molar-refractivity contribution is 14.1. The van der Waals surface area contributed by atoms with Gasteiger partial charge in [-0.15, -0.1) is 0 Å². The molecule has 0 amide bonds. The number of hydrogen-bond donors (Lipinski definition) is 0. The summed E-state index contributed by atoms with van der Waals surface area (Å²) in [5.74, 6) is 0. The predicted molar refractivity (Wildman–Crippen MR) is 56.8 cm³/mol. The molecule has 0 heterocycles. The molecule has 1 aromatic rings. The van der Waals surface area contributed by atoms with Crippen molar-refractivity contribution in [2.45, 2.75) is 6.43 Å². The quantitative estimate of drug-likeness (QED) is 0.501. The predicted octanol–water partition coefficient (Wildman–Crippen LogP) is 4.64. The molecule has 0 spiro atoms. The van der Waals surface area contributed by atoms with Crippen LogP contribution in [0.1, 0.15) is 12.0 Å². The highest BCUT2D eigenvalue weighted by Gasteiger charge is 2.14. The van der Waals surface area contributed by atoms with Crippen LogP contribution in [-0.4, -0.2) is 0 Å². The zero-order valence-electron chi connectivity index (χ0n) is 5.62. The van der Waals surface area contributed by atoms with Gasteiger partial charge in [-0.3, -0.25) is 0 Å². The lowest BCUT2D eigenvalue weighted by molar-refractivity contribution is 0.151. The molecule has 0 atom stereocenters. The summed E-state index contributed by atoms with van der Waals surface area (Å²) >= 11 is 10.7. The SMILES string of the molecule is FC(F)c1cc(I)cc(Br)c1Cl. The second kappa shape index (κ2) is 4.19. The molecular weight excluding hydrogens is 364 g/mol. The summed E-state index contributed by atoms with van der Waals surface area (Å²) in [7, 11) is 0. The van der Waals surface area contributed by atoms with E-state index in [0.717, 1.165) is 3.57 Å². The number of hydrogen-bond acceptors (Lipinski definition) is 0. The molecule has 0 bridgehead atoms. The van der Waals surface area contributed by atoms with E-state index in [-0.39, 0.29) is 10.6 Å². The molecule has 0 unspecified atom stereocenters. The van der Waals surface area contributed by atoms with Gasteiger partial charge in [0.2, 0.25) is 0 Å². The molecule has 0 aromatic heterocycles. The standard InChI is InChI=1S/C7H3BrClF2I/c8-5-2-3(12)1-4(6(5)9)7(10)11/h1-2,7H. The molecule has 66 valence electrons. The first-order valence-corrected chi connectivity index (χ1v) is 5.20. The molecule has 1 aromatic carbocycles. The van der Waals surface area contributed by atoms with Gasteiger partial charge in [0.05, 0.1) is 5.02 Å². The van der Waals surface area contributed by atoms with Crippen molar-refractivity contribution in [2.75, 3.05) is 0 Å². The Bertz CT molecular complexity index is 304. The summed E-state index contributed by atoms with van der Waals surface area (Å²) in [6.45, 7) is 0. The van der Waals surface area contributed by atoms with Crippen LogP contribution < -0.4 is 0 Å². The van der Waals surface area contributed by atoms with Gasteiger partial charge in [0, 0.05) is 13.6 Å². The Kier molecular flexibility index (Phi) is 3.73. The van der Waals surface area contributed by atoms with Gasteiger partial charge in [-0.1, -0.05) is 11.6 Å². The molecule has 0 aliphatic heterocycles.